The van der Waals surface area contributed by atoms with Crippen molar-refractivity contribution in [2.75, 3.05) is 64.6 Å². The molecule has 55 heavy (non-hydrogen) atoms. The van der Waals surface area contributed by atoms with Gasteiger partial charge in [0.1, 0.15) is 35.0 Å². The van der Waals surface area contributed by atoms with Crippen LogP contribution in [0.4, 0.5) is 10.2 Å². The standard InChI is InChI=1S/C39H49ClFN9O5/c1-37(51)20-49(14-16-52-21-37)35-29-32-33(47(3)34(29)43-36(44-35)54-22-39-10-7-8-26(39)46(2)13-17-55-39)31(45-48(32)4)28-23-19-42-50(27-9-5-6-15-53-27)25(23)18-24(40)30(28)38(41)11-12-38/h18-19,26-27,51H,5-17,20-22H2,1-4H3/t26-,27?,37+,39-/m1/s1. The van der Waals surface area contributed by atoms with E-state index in [4.69, 9.17) is 50.7 Å². The highest BCUT2D eigenvalue weighted by Crippen LogP contribution is 2.57. The number of morpholine rings is 1. The molecule has 4 atom stereocenters. The van der Waals surface area contributed by atoms with Gasteiger partial charge < -0.3 is 33.5 Å². The number of alkyl halides is 1. The summed E-state index contributed by atoms with van der Waals surface area (Å²) < 4.78 is 47.3. The molecule has 5 aromatic rings. The number of hydrogen-bond donors (Lipinski definition) is 1. The Morgan fingerprint density at radius 3 is 2.69 bits per heavy atom. The van der Waals surface area contributed by atoms with Gasteiger partial charge in [-0.1, -0.05) is 11.6 Å². The van der Waals surface area contributed by atoms with E-state index in [0.29, 0.717) is 79.1 Å². The van der Waals surface area contributed by atoms with Gasteiger partial charge in [-0.05, 0) is 71.4 Å². The fraction of sp³-hybridized carbons (Fsp3) is 0.641. The molecule has 1 N–H and O–H groups in total. The third-order valence-electron chi connectivity index (χ3n) is 12.7. The maximum absolute atomic E-state index is 16.6. The Hall–Kier alpha value is -3.60. The lowest BCUT2D eigenvalue weighted by Crippen LogP contribution is -2.58. The number of β-amino-alcohol motifs (C(OH)–C–C–N with tert-alkyl or cyclic N) is 1. The average Bonchev–Trinajstić information content (AvgIpc) is 3.44. The third kappa shape index (κ3) is 5.74. The molecule has 16 heteroatoms. The summed E-state index contributed by atoms with van der Waals surface area (Å²) in [6.07, 6.45) is 8.24. The number of aliphatic hydroxyl groups is 1. The molecular weight excluding hydrogens is 729 g/mol. The second kappa shape index (κ2) is 13.0. The number of hydrogen-bond acceptors (Lipinski definition) is 11. The maximum atomic E-state index is 16.6. The van der Waals surface area contributed by atoms with Crippen molar-refractivity contribution in [2.45, 2.75) is 87.4 Å². The van der Waals surface area contributed by atoms with Crippen LogP contribution in [0, 0.1) is 0 Å². The van der Waals surface area contributed by atoms with E-state index in [1.54, 1.807) is 13.1 Å². The van der Waals surface area contributed by atoms with Crippen LogP contribution in [0.1, 0.15) is 70.1 Å². The van der Waals surface area contributed by atoms with Gasteiger partial charge in [-0.25, -0.2) is 9.07 Å². The summed E-state index contributed by atoms with van der Waals surface area (Å²) in [4.78, 5) is 14.6. The van der Waals surface area contributed by atoms with Gasteiger partial charge in [0.15, 0.2) is 11.9 Å². The second-order valence-electron chi connectivity index (χ2n) is 16.7. The molecule has 3 aliphatic heterocycles. The fourth-order valence-electron chi connectivity index (χ4n) is 9.84. The molecule has 4 aromatic heterocycles. The Morgan fingerprint density at radius 2 is 1.89 bits per heavy atom. The highest BCUT2D eigenvalue weighted by Gasteiger charge is 2.50. The molecule has 2 saturated carbocycles. The Labute approximate surface area is 323 Å². The normalized spacial score (nSPS) is 28.7. The predicted molar refractivity (Wildman–Crippen MR) is 205 cm³/mol. The summed E-state index contributed by atoms with van der Waals surface area (Å²) in [5, 5.41) is 23.2. The number of halogens is 2. The minimum Gasteiger partial charge on any atom is -0.460 e. The van der Waals surface area contributed by atoms with Crippen LogP contribution < -0.4 is 9.64 Å². The molecule has 294 valence electrons. The minimum atomic E-state index is -1.57. The first-order chi connectivity index (χ1) is 26.5. The molecule has 1 aromatic carbocycles. The first-order valence-corrected chi connectivity index (χ1v) is 20.1. The van der Waals surface area contributed by atoms with Crippen molar-refractivity contribution >= 4 is 50.4 Å². The monoisotopic (exact) mass is 777 g/mol. The van der Waals surface area contributed by atoms with Crippen molar-refractivity contribution in [2.24, 2.45) is 14.1 Å². The summed E-state index contributed by atoms with van der Waals surface area (Å²) in [5.41, 5.74) is 1.45. The number of likely N-dealkylation sites (N-methyl/N-ethyl adjacent to an activating group) is 1. The average molecular weight is 778 g/mol. The molecule has 0 bridgehead atoms. The highest BCUT2D eigenvalue weighted by atomic mass is 35.5. The Bertz CT molecular complexity index is 2310. The molecule has 5 aliphatic rings. The lowest BCUT2D eigenvalue weighted by Gasteiger charge is -2.44. The van der Waals surface area contributed by atoms with Crippen LogP contribution in [0.3, 0.4) is 0 Å². The van der Waals surface area contributed by atoms with Crippen LogP contribution in [0.15, 0.2) is 12.3 Å². The van der Waals surface area contributed by atoms with E-state index in [2.05, 4.69) is 16.8 Å². The van der Waals surface area contributed by atoms with Crippen LogP contribution in [-0.2, 0) is 34.0 Å². The SMILES string of the molecule is CN1CCO[C@@]2(COc3nc(N4CCOC[C@@](C)(O)C4)c4c5c(c(-c6c(C7(F)CC7)c(Cl)cc7c6cnn7C6CCCCO6)nn5C)n(C)c4n3)CCC[C@@H]12. The molecule has 0 spiro atoms. The van der Waals surface area contributed by atoms with E-state index in [0.717, 1.165) is 72.4 Å². The molecule has 3 saturated heterocycles. The molecule has 7 heterocycles. The number of aryl methyl sites for hydroxylation is 2. The van der Waals surface area contributed by atoms with Crippen LogP contribution in [0.2, 0.25) is 5.02 Å². The van der Waals surface area contributed by atoms with Crippen LogP contribution in [0.5, 0.6) is 6.01 Å². The third-order valence-corrected chi connectivity index (χ3v) is 13.0. The van der Waals surface area contributed by atoms with Gasteiger partial charge in [-0.2, -0.15) is 20.2 Å². The largest absolute Gasteiger partial charge is 0.460 e. The number of anilines is 1. The van der Waals surface area contributed by atoms with Crippen LogP contribution in [-0.4, -0.2) is 121 Å². The van der Waals surface area contributed by atoms with E-state index in [9.17, 15) is 5.11 Å². The zero-order valence-electron chi connectivity index (χ0n) is 32.0. The van der Waals surface area contributed by atoms with Gasteiger partial charge in [-0.3, -0.25) is 9.58 Å². The molecule has 1 unspecified atom stereocenters. The van der Waals surface area contributed by atoms with Gasteiger partial charge in [0.25, 0.3) is 0 Å². The number of fused-ring (bicyclic) bond motifs is 5. The molecule has 10 rings (SSSR count). The minimum absolute atomic E-state index is 0.202. The Morgan fingerprint density at radius 1 is 1.04 bits per heavy atom. The van der Waals surface area contributed by atoms with E-state index in [-0.39, 0.29) is 31.4 Å². The van der Waals surface area contributed by atoms with Crippen LogP contribution in [0.25, 0.3) is 44.2 Å². The zero-order chi connectivity index (χ0) is 37.9. The quantitative estimate of drug-likeness (QED) is 0.228. The summed E-state index contributed by atoms with van der Waals surface area (Å²) in [7, 11) is 6.00. The fourth-order valence-corrected chi connectivity index (χ4v) is 10.2. The first-order valence-electron chi connectivity index (χ1n) is 19.7. The summed E-state index contributed by atoms with van der Waals surface area (Å²) >= 11 is 7.11. The number of nitrogens with zero attached hydrogens (tertiary/aromatic N) is 9. The summed E-state index contributed by atoms with van der Waals surface area (Å²) in [5.74, 6) is 0.607. The lowest BCUT2D eigenvalue weighted by atomic mass is 9.95. The Kier molecular flexibility index (Phi) is 8.44. The Balaban J connectivity index is 1.18. The van der Waals surface area contributed by atoms with Gasteiger partial charge in [0, 0.05) is 61.4 Å². The predicted octanol–water partition coefficient (Wildman–Crippen LogP) is 5.40. The highest BCUT2D eigenvalue weighted by molar-refractivity contribution is 6.33. The van der Waals surface area contributed by atoms with Crippen LogP contribution >= 0.6 is 11.6 Å². The van der Waals surface area contributed by atoms with Crippen molar-refractivity contribution in [3.63, 3.8) is 0 Å². The molecule has 0 radical (unpaired) electrons. The molecule has 14 nitrogen and oxygen atoms in total. The lowest BCUT2D eigenvalue weighted by molar-refractivity contribution is -0.145. The zero-order valence-corrected chi connectivity index (χ0v) is 32.7. The molecule has 0 amide bonds. The second-order valence-corrected chi connectivity index (χ2v) is 17.1. The van der Waals surface area contributed by atoms with E-state index in [1.165, 1.54) is 0 Å². The van der Waals surface area contributed by atoms with Gasteiger partial charge in [0.05, 0.1) is 54.5 Å². The topological polar surface area (TPSA) is 130 Å². The van der Waals surface area contributed by atoms with Crippen molar-refractivity contribution < 1.29 is 28.4 Å². The summed E-state index contributed by atoms with van der Waals surface area (Å²) in [6, 6.07) is 2.33. The van der Waals surface area contributed by atoms with Crippen molar-refractivity contribution in [1.29, 1.82) is 0 Å². The van der Waals surface area contributed by atoms with Crippen molar-refractivity contribution in [3.8, 4) is 17.3 Å². The molecule has 2 aliphatic carbocycles. The van der Waals surface area contributed by atoms with E-state index in [1.807, 2.05) is 34.1 Å². The van der Waals surface area contributed by atoms with E-state index < -0.39 is 16.9 Å². The van der Waals surface area contributed by atoms with Gasteiger partial charge in [0.2, 0.25) is 0 Å². The van der Waals surface area contributed by atoms with E-state index >= 15 is 4.39 Å². The number of benzene rings is 1. The maximum Gasteiger partial charge on any atom is 0.320 e. The number of aromatic nitrogens is 7. The molecular formula is C39H49ClFN9O5. The molecule has 5 fully saturated rings. The van der Waals surface area contributed by atoms with Crippen molar-refractivity contribution in [3.05, 3.63) is 22.8 Å². The van der Waals surface area contributed by atoms with Crippen molar-refractivity contribution in [1.82, 2.24) is 39.0 Å². The van der Waals surface area contributed by atoms with Gasteiger partial charge >= 0.3 is 6.01 Å². The first kappa shape index (κ1) is 35.8. The summed E-state index contributed by atoms with van der Waals surface area (Å²) in [6.45, 7) is 5.68. The number of ether oxygens (including phenoxy) is 4. The van der Waals surface area contributed by atoms with Gasteiger partial charge in [-0.15, -0.1) is 0 Å². The number of rotatable bonds is 7. The smallest absolute Gasteiger partial charge is 0.320 e.